The molecule has 10 heteroatoms. The number of nitro groups is 1. The number of carbonyl (C=O) groups is 2. The molecule has 1 aromatic rings. The Morgan fingerprint density at radius 2 is 2.00 bits per heavy atom. The lowest BCUT2D eigenvalue weighted by Crippen LogP contribution is -2.28. The summed E-state index contributed by atoms with van der Waals surface area (Å²) in [7, 11) is -3.81. The van der Waals surface area contributed by atoms with Crippen molar-refractivity contribution in [3.05, 3.63) is 33.9 Å². The van der Waals surface area contributed by atoms with Crippen molar-refractivity contribution in [2.24, 2.45) is 0 Å². The van der Waals surface area contributed by atoms with Gasteiger partial charge in [-0.25, -0.2) is 13.2 Å². The monoisotopic (exact) mass is 330 g/mol. The first kappa shape index (κ1) is 17.6. The second-order valence-corrected chi connectivity index (χ2v) is 6.23. The van der Waals surface area contributed by atoms with E-state index in [1.807, 2.05) is 0 Å². The van der Waals surface area contributed by atoms with Crippen LogP contribution in [0.2, 0.25) is 0 Å². The van der Waals surface area contributed by atoms with Gasteiger partial charge in [-0.1, -0.05) is 0 Å². The highest BCUT2D eigenvalue weighted by molar-refractivity contribution is 7.90. The van der Waals surface area contributed by atoms with Gasteiger partial charge in [-0.15, -0.1) is 0 Å². The average Bonchev–Trinajstić information content (AvgIpc) is 2.43. The standard InChI is InChI=1S/C12H14N2O7S/c1-3-13-11(15)7-21-12(16)8-4-5-10(22(2,19)20)9(6-8)14(17)18/h4-6H,3,7H2,1-2H3,(H,13,15). The van der Waals surface area contributed by atoms with Crippen LogP contribution in [0.3, 0.4) is 0 Å². The number of nitrogens with one attached hydrogen (secondary N) is 1. The Bertz CT molecular complexity index is 712. The van der Waals surface area contributed by atoms with Gasteiger partial charge in [0.05, 0.1) is 10.5 Å². The minimum atomic E-state index is -3.81. The van der Waals surface area contributed by atoms with Crippen LogP contribution in [0.4, 0.5) is 5.69 Å². The Balaban J connectivity index is 3.03. The molecule has 9 nitrogen and oxygen atoms in total. The molecule has 0 spiro atoms. The number of hydrogen-bond acceptors (Lipinski definition) is 7. The molecule has 1 N–H and O–H groups in total. The van der Waals surface area contributed by atoms with Crippen LogP contribution in [0.1, 0.15) is 17.3 Å². The van der Waals surface area contributed by atoms with E-state index in [1.54, 1.807) is 6.92 Å². The molecular weight excluding hydrogens is 316 g/mol. The van der Waals surface area contributed by atoms with Crippen LogP contribution in [0.5, 0.6) is 0 Å². The van der Waals surface area contributed by atoms with Crippen molar-refractivity contribution in [2.45, 2.75) is 11.8 Å². The topological polar surface area (TPSA) is 133 Å². The molecular formula is C12H14N2O7S. The van der Waals surface area contributed by atoms with Gasteiger partial charge in [-0.2, -0.15) is 0 Å². The minimum Gasteiger partial charge on any atom is -0.452 e. The first-order chi connectivity index (χ1) is 10.2. The van der Waals surface area contributed by atoms with Crippen LogP contribution >= 0.6 is 0 Å². The number of likely N-dealkylation sites (N-methyl/N-ethyl adjacent to an activating group) is 1. The van der Waals surface area contributed by atoms with E-state index in [4.69, 9.17) is 0 Å². The summed E-state index contributed by atoms with van der Waals surface area (Å²) in [5.74, 6) is -1.48. The third-order valence-corrected chi connectivity index (χ3v) is 3.64. The summed E-state index contributed by atoms with van der Waals surface area (Å²) >= 11 is 0. The fourth-order valence-electron chi connectivity index (χ4n) is 1.56. The zero-order chi connectivity index (χ0) is 16.9. The van der Waals surface area contributed by atoms with E-state index in [9.17, 15) is 28.1 Å². The summed E-state index contributed by atoms with van der Waals surface area (Å²) in [5, 5.41) is 13.3. The molecule has 0 aromatic heterocycles. The van der Waals surface area contributed by atoms with Crippen LogP contribution in [0.15, 0.2) is 23.1 Å². The summed E-state index contributed by atoms with van der Waals surface area (Å²) in [6.45, 7) is 1.52. The highest BCUT2D eigenvalue weighted by Crippen LogP contribution is 2.25. The van der Waals surface area contributed by atoms with Gasteiger partial charge >= 0.3 is 5.97 Å². The van der Waals surface area contributed by atoms with Gasteiger partial charge in [0.25, 0.3) is 11.6 Å². The first-order valence-electron chi connectivity index (χ1n) is 6.09. The van der Waals surface area contributed by atoms with Crippen molar-refractivity contribution in [3.8, 4) is 0 Å². The van der Waals surface area contributed by atoms with Gasteiger partial charge in [-0.3, -0.25) is 14.9 Å². The molecule has 0 bridgehead atoms. The third kappa shape index (κ3) is 4.52. The number of nitrogens with zero attached hydrogens (tertiary/aromatic N) is 1. The predicted molar refractivity (Wildman–Crippen MR) is 75.2 cm³/mol. The quantitative estimate of drug-likeness (QED) is 0.450. The van der Waals surface area contributed by atoms with E-state index in [0.717, 1.165) is 24.5 Å². The summed E-state index contributed by atoms with van der Waals surface area (Å²) < 4.78 is 27.6. The molecule has 0 unspecified atom stereocenters. The maximum atomic E-state index is 11.7. The van der Waals surface area contributed by atoms with Gasteiger partial charge in [-0.05, 0) is 19.1 Å². The van der Waals surface area contributed by atoms with E-state index < -0.39 is 43.8 Å². The minimum absolute atomic E-state index is 0.219. The van der Waals surface area contributed by atoms with Crippen molar-refractivity contribution in [1.82, 2.24) is 5.32 Å². The molecule has 0 atom stereocenters. The lowest BCUT2D eigenvalue weighted by atomic mass is 10.2. The molecule has 0 fully saturated rings. The molecule has 0 aliphatic carbocycles. The molecule has 1 amide bonds. The predicted octanol–water partition coefficient (Wildman–Crippen LogP) is 0.291. The fourth-order valence-corrected chi connectivity index (χ4v) is 2.39. The molecule has 0 aliphatic rings. The molecule has 120 valence electrons. The normalized spacial score (nSPS) is 10.8. The fraction of sp³-hybridized carbons (Fsp3) is 0.333. The number of carbonyl (C=O) groups excluding carboxylic acids is 2. The number of amides is 1. The lowest BCUT2D eigenvalue weighted by molar-refractivity contribution is -0.387. The molecule has 0 saturated heterocycles. The molecule has 22 heavy (non-hydrogen) atoms. The maximum absolute atomic E-state index is 11.7. The first-order valence-corrected chi connectivity index (χ1v) is 7.98. The summed E-state index contributed by atoms with van der Waals surface area (Å²) in [5.41, 5.74) is -0.946. The van der Waals surface area contributed by atoms with Crippen LogP contribution in [0, 0.1) is 10.1 Å². The summed E-state index contributed by atoms with van der Waals surface area (Å²) in [6, 6.07) is 2.84. The Morgan fingerprint density at radius 3 is 2.50 bits per heavy atom. The summed E-state index contributed by atoms with van der Waals surface area (Å²) in [4.78, 5) is 32.4. The van der Waals surface area contributed by atoms with Crippen LogP contribution < -0.4 is 5.32 Å². The van der Waals surface area contributed by atoms with Gasteiger partial charge < -0.3 is 10.1 Å². The molecule has 1 rings (SSSR count). The van der Waals surface area contributed by atoms with Crippen molar-refractivity contribution in [3.63, 3.8) is 0 Å². The van der Waals surface area contributed by atoms with Gasteiger partial charge in [0.15, 0.2) is 16.4 Å². The Labute approximate surface area is 126 Å². The number of esters is 1. The number of ether oxygens (including phenoxy) is 1. The molecule has 0 saturated carbocycles. The van der Waals surface area contributed by atoms with Crippen molar-refractivity contribution in [1.29, 1.82) is 0 Å². The van der Waals surface area contributed by atoms with Gasteiger partial charge in [0.1, 0.15) is 4.90 Å². The molecule has 0 radical (unpaired) electrons. The van der Waals surface area contributed by atoms with Crippen LogP contribution in [0.25, 0.3) is 0 Å². The highest BCUT2D eigenvalue weighted by Gasteiger charge is 2.24. The van der Waals surface area contributed by atoms with Crippen LogP contribution in [-0.2, 0) is 19.4 Å². The molecule has 0 aliphatic heterocycles. The molecule has 1 aromatic carbocycles. The number of hydrogen-bond donors (Lipinski definition) is 1. The van der Waals surface area contributed by atoms with E-state index in [0.29, 0.717) is 6.54 Å². The Kier molecular flexibility index (Phi) is 5.57. The van der Waals surface area contributed by atoms with Crippen molar-refractivity contribution >= 4 is 27.4 Å². The number of rotatable bonds is 6. The largest absolute Gasteiger partial charge is 0.452 e. The number of nitro benzene ring substituents is 1. The SMILES string of the molecule is CCNC(=O)COC(=O)c1ccc(S(C)(=O)=O)c([N+](=O)[O-])c1. The zero-order valence-corrected chi connectivity index (χ0v) is 12.7. The third-order valence-electron chi connectivity index (χ3n) is 2.50. The van der Waals surface area contributed by atoms with E-state index >= 15 is 0 Å². The highest BCUT2D eigenvalue weighted by atomic mass is 32.2. The second-order valence-electron chi connectivity index (χ2n) is 4.24. The van der Waals surface area contributed by atoms with E-state index in [1.165, 1.54) is 0 Å². The van der Waals surface area contributed by atoms with Gasteiger partial charge in [0, 0.05) is 18.9 Å². The lowest BCUT2D eigenvalue weighted by Gasteiger charge is -2.06. The molecule has 0 heterocycles. The average molecular weight is 330 g/mol. The van der Waals surface area contributed by atoms with Gasteiger partial charge in [0.2, 0.25) is 0 Å². The maximum Gasteiger partial charge on any atom is 0.338 e. The number of sulfone groups is 1. The Hall–Kier alpha value is -2.49. The van der Waals surface area contributed by atoms with Crippen molar-refractivity contribution < 1.29 is 27.7 Å². The Morgan fingerprint density at radius 1 is 1.36 bits per heavy atom. The number of benzene rings is 1. The van der Waals surface area contributed by atoms with E-state index in [2.05, 4.69) is 10.1 Å². The second kappa shape index (κ2) is 6.98. The van der Waals surface area contributed by atoms with Crippen LogP contribution in [-0.4, -0.2) is 44.6 Å². The summed E-state index contributed by atoms with van der Waals surface area (Å²) in [6.07, 6.45) is 0.822. The van der Waals surface area contributed by atoms with E-state index in [-0.39, 0.29) is 5.56 Å². The smallest absolute Gasteiger partial charge is 0.338 e. The zero-order valence-electron chi connectivity index (χ0n) is 11.9. The van der Waals surface area contributed by atoms with Crippen molar-refractivity contribution in [2.75, 3.05) is 19.4 Å².